The molecule has 0 bridgehead atoms. The Morgan fingerprint density at radius 2 is 2.05 bits per heavy atom. The normalized spacial score (nSPS) is 11.6. The van der Waals surface area contributed by atoms with E-state index < -0.39 is 17.5 Å². The first-order valence-corrected chi connectivity index (χ1v) is 6.09. The van der Waals surface area contributed by atoms with E-state index in [0.29, 0.717) is 17.9 Å². The molecule has 104 valence electrons. The number of aromatic nitrogens is 1. The Hall–Kier alpha value is -2.04. The van der Waals surface area contributed by atoms with E-state index in [2.05, 4.69) is 4.98 Å². The molecule has 0 aromatic carbocycles. The molecule has 0 unspecified atom stereocenters. The van der Waals surface area contributed by atoms with Crippen molar-refractivity contribution in [3.63, 3.8) is 0 Å². The van der Waals surface area contributed by atoms with Crippen molar-refractivity contribution < 1.29 is 19.1 Å². The van der Waals surface area contributed by atoms with Crippen molar-refractivity contribution in [3.8, 4) is 0 Å². The van der Waals surface area contributed by atoms with Gasteiger partial charge in [0.15, 0.2) is 0 Å². The third-order valence-corrected chi connectivity index (χ3v) is 2.06. The van der Waals surface area contributed by atoms with Gasteiger partial charge in [-0.25, -0.2) is 9.59 Å². The molecule has 1 aromatic rings. The zero-order valence-corrected chi connectivity index (χ0v) is 11.6. The van der Waals surface area contributed by atoms with E-state index >= 15 is 0 Å². The number of nitrogens with one attached hydrogen (secondary N) is 1. The zero-order chi connectivity index (χ0) is 14.5. The van der Waals surface area contributed by atoms with E-state index in [0.717, 1.165) is 0 Å². The molecule has 0 saturated heterocycles. The summed E-state index contributed by atoms with van der Waals surface area (Å²) in [6.07, 6.45) is 4.43. The van der Waals surface area contributed by atoms with Crippen molar-refractivity contribution in [1.29, 1.82) is 0 Å². The lowest BCUT2D eigenvalue weighted by Crippen LogP contribution is -2.22. The number of aromatic amines is 1. The largest absolute Gasteiger partial charge is 0.461 e. The molecule has 0 aliphatic carbocycles. The fourth-order valence-electron chi connectivity index (χ4n) is 1.39. The number of hydrogen-bond acceptors (Lipinski definition) is 4. The lowest BCUT2D eigenvalue weighted by Gasteiger charge is -2.17. The maximum atomic E-state index is 11.6. The molecule has 5 heteroatoms. The van der Waals surface area contributed by atoms with Gasteiger partial charge in [-0.1, -0.05) is 0 Å². The number of esters is 2. The van der Waals surface area contributed by atoms with E-state index in [4.69, 9.17) is 9.47 Å². The van der Waals surface area contributed by atoms with E-state index in [1.165, 1.54) is 12.2 Å². The van der Waals surface area contributed by atoms with Crippen LogP contribution >= 0.6 is 0 Å². The molecule has 5 nitrogen and oxygen atoms in total. The molecule has 1 heterocycles. The van der Waals surface area contributed by atoms with Crippen LogP contribution in [-0.4, -0.2) is 29.1 Å². The second-order valence-electron chi connectivity index (χ2n) is 4.90. The van der Waals surface area contributed by atoms with Gasteiger partial charge in [-0.3, -0.25) is 0 Å². The zero-order valence-electron chi connectivity index (χ0n) is 11.6. The average molecular weight is 265 g/mol. The molecule has 19 heavy (non-hydrogen) atoms. The summed E-state index contributed by atoms with van der Waals surface area (Å²) in [6.45, 7) is 7.40. The minimum Gasteiger partial charge on any atom is -0.461 e. The Kier molecular flexibility index (Phi) is 4.92. The highest BCUT2D eigenvalue weighted by Gasteiger charge is 2.15. The Bertz CT molecular complexity index is 480. The van der Waals surface area contributed by atoms with Gasteiger partial charge >= 0.3 is 11.9 Å². The first kappa shape index (κ1) is 15.0. The topological polar surface area (TPSA) is 68.4 Å². The number of hydrogen-bond donors (Lipinski definition) is 1. The Balaban J connectivity index is 2.75. The lowest BCUT2D eigenvalue weighted by atomic mass is 10.2. The number of ether oxygens (including phenoxy) is 2. The van der Waals surface area contributed by atoms with Crippen molar-refractivity contribution in [2.75, 3.05) is 6.61 Å². The predicted molar refractivity (Wildman–Crippen MR) is 71.6 cm³/mol. The highest BCUT2D eigenvalue weighted by molar-refractivity contribution is 5.94. The second kappa shape index (κ2) is 6.22. The van der Waals surface area contributed by atoms with E-state index in [1.807, 2.05) is 0 Å². The van der Waals surface area contributed by atoms with Gasteiger partial charge in [0.25, 0.3) is 0 Å². The molecular weight excluding hydrogens is 246 g/mol. The third kappa shape index (κ3) is 4.99. The maximum Gasteiger partial charge on any atom is 0.355 e. The summed E-state index contributed by atoms with van der Waals surface area (Å²) in [5.41, 5.74) is 0.370. The molecule has 1 N–H and O–H groups in total. The van der Waals surface area contributed by atoms with Crippen molar-refractivity contribution in [2.24, 2.45) is 0 Å². The molecule has 0 atom stereocenters. The Labute approximate surface area is 112 Å². The van der Waals surface area contributed by atoms with Crippen LogP contribution in [-0.2, 0) is 14.3 Å². The fraction of sp³-hybridized carbons (Fsp3) is 0.429. The summed E-state index contributed by atoms with van der Waals surface area (Å²) in [7, 11) is 0. The van der Waals surface area contributed by atoms with Gasteiger partial charge < -0.3 is 14.5 Å². The average Bonchev–Trinajstić information content (AvgIpc) is 2.72. The molecule has 0 radical (unpaired) electrons. The van der Waals surface area contributed by atoms with Gasteiger partial charge in [0.05, 0.1) is 6.61 Å². The molecule has 0 saturated carbocycles. The fourth-order valence-corrected chi connectivity index (χ4v) is 1.39. The Morgan fingerprint density at radius 1 is 1.37 bits per heavy atom. The van der Waals surface area contributed by atoms with Gasteiger partial charge in [0, 0.05) is 17.8 Å². The van der Waals surface area contributed by atoms with Crippen LogP contribution in [0.5, 0.6) is 0 Å². The van der Waals surface area contributed by atoms with Crippen molar-refractivity contribution in [3.05, 3.63) is 29.6 Å². The predicted octanol–water partition coefficient (Wildman–Crippen LogP) is 2.55. The van der Waals surface area contributed by atoms with Gasteiger partial charge in [-0.2, -0.15) is 0 Å². The molecule has 0 amide bonds. The number of carbonyl (C=O) groups is 2. The minimum absolute atomic E-state index is 0.299. The summed E-state index contributed by atoms with van der Waals surface area (Å²) in [6, 6.07) is 1.69. The summed E-state index contributed by atoms with van der Waals surface area (Å²) in [5, 5.41) is 0. The van der Waals surface area contributed by atoms with Crippen LogP contribution in [0.1, 0.15) is 43.7 Å². The highest BCUT2D eigenvalue weighted by Crippen LogP contribution is 2.12. The van der Waals surface area contributed by atoms with Crippen molar-refractivity contribution in [2.45, 2.75) is 33.3 Å². The van der Waals surface area contributed by atoms with E-state index in [9.17, 15) is 9.59 Å². The van der Waals surface area contributed by atoms with E-state index in [-0.39, 0.29) is 0 Å². The van der Waals surface area contributed by atoms with Gasteiger partial charge in [0.2, 0.25) is 0 Å². The van der Waals surface area contributed by atoms with Crippen molar-refractivity contribution >= 4 is 18.0 Å². The standard InChI is InChI=1S/C14H19NO4/c1-5-18-13(17)12-10(8-9-15-12)6-7-11(16)19-14(2,3)4/h6-9,15H,5H2,1-4H3/b7-6+. The molecule has 0 aliphatic heterocycles. The van der Waals surface area contributed by atoms with Crippen LogP contribution in [0.3, 0.4) is 0 Å². The third-order valence-electron chi connectivity index (χ3n) is 2.06. The smallest absolute Gasteiger partial charge is 0.355 e. The SMILES string of the molecule is CCOC(=O)c1[nH]ccc1/C=C/C(=O)OC(C)(C)C. The summed E-state index contributed by atoms with van der Waals surface area (Å²) >= 11 is 0. The van der Waals surface area contributed by atoms with Crippen LogP contribution in [0.2, 0.25) is 0 Å². The van der Waals surface area contributed by atoms with Gasteiger partial charge in [0.1, 0.15) is 11.3 Å². The van der Waals surface area contributed by atoms with Crippen LogP contribution in [0.25, 0.3) is 6.08 Å². The molecule has 1 rings (SSSR count). The Morgan fingerprint density at radius 3 is 2.63 bits per heavy atom. The highest BCUT2D eigenvalue weighted by atomic mass is 16.6. The van der Waals surface area contributed by atoms with Crippen molar-refractivity contribution in [1.82, 2.24) is 4.98 Å². The first-order chi connectivity index (χ1) is 8.83. The van der Waals surface area contributed by atoms with Crippen LogP contribution in [0.4, 0.5) is 0 Å². The molecule has 0 fully saturated rings. The number of H-pyrrole nitrogens is 1. The summed E-state index contributed by atoms with van der Waals surface area (Å²) in [4.78, 5) is 25.9. The van der Waals surface area contributed by atoms with Gasteiger partial charge in [-0.05, 0) is 39.8 Å². The number of carbonyl (C=O) groups excluding carboxylic acids is 2. The lowest BCUT2D eigenvalue weighted by molar-refractivity contribution is -0.148. The quantitative estimate of drug-likeness (QED) is 0.671. The summed E-state index contributed by atoms with van der Waals surface area (Å²) in [5.74, 6) is -0.903. The van der Waals surface area contributed by atoms with Crippen LogP contribution < -0.4 is 0 Å². The van der Waals surface area contributed by atoms with Crippen LogP contribution in [0, 0.1) is 0 Å². The summed E-state index contributed by atoms with van der Waals surface area (Å²) < 4.78 is 10.0. The molecule has 1 aromatic heterocycles. The monoisotopic (exact) mass is 265 g/mol. The maximum absolute atomic E-state index is 11.6. The van der Waals surface area contributed by atoms with E-state index in [1.54, 1.807) is 40.0 Å². The molecule has 0 aliphatic rings. The molecule has 0 spiro atoms. The van der Waals surface area contributed by atoms with Gasteiger partial charge in [-0.15, -0.1) is 0 Å². The minimum atomic E-state index is -0.538. The number of rotatable bonds is 4. The van der Waals surface area contributed by atoms with Crippen LogP contribution in [0.15, 0.2) is 18.3 Å². The molecular formula is C14H19NO4. The second-order valence-corrected chi connectivity index (χ2v) is 4.90. The first-order valence-electron chi connectivity index (χ1n) is 6.09.